The lowest BCUT2D eigenvalue weighted by Gasteiger charge is -2.28. The van der Waals surface area contributed by atoms with Crippen LogP contribution in [0.1, 0.15) is 36.5 Å². The Morgan fingerprint density at radius 2 is 2.07 bits per heavy atom. The molecule has 28 heavy (non-hydrogen) atoms. The number of carboxylic acid groups (broad SMARTS) is 1. The Morgan fingerprint density at radius 3 is 2.75 bits per heavy atom. The predicted octanol–water partition coefficient (Wildman–Crippen LogP) is 1.20. The van der Waals surface area contributed by atoms with Gasteiger partial charge in [0, 0.05) is 31.6 Å². The van der Waals surface area contributed by atoms with E-state index in [-0.39, 0.29) is 24.4 Å². The highest BCUT2D eigenvalue weighted by molar-refractivity contribution is 5.94. The van der Waals surface area contributed by atoms with E-state index in [1.165, 1.54) is 18.2 Å². The first-order valence-electron chi connectivity index (χ1n) is 9.19. The summed E-state index contributed by atoms with van der Waals surface area (Å²) in [4.78, 5) is 42.9. The average molecular weight is 385 g/mol. The predicted molar refractivity (Wildman–Crippen MR) is 99.9 cm³/mol. The number of benzene rings is 1. The number of nitrogens with zero attached hydrogens (tertiary/aromatic N) is 5. The highest BCUT2D eigenvalue weighted by atomic mass is 16.4. The Morgan fingerprint density at radius 1 is 1.25 bits per heavy atom. The first-order valence-corrected chi connectivity index (χ1v) is 9.19. The maximum atomic E-state index is 13.0. The quantitative estimate of drug-likeness (QED) is 0.828. The fourth-order valence-electron chi connectivity index (χ4n) is 3.54. The van der Waals surface area contributed by atoms with Gasteiger partial charge < -0.3 is 14.9 Å². The molecule has 0 radical (unpaired) electrons. The van der Waals surface area contributed by atoms with E-state index in [0.717, 1.165) is 5.69 Å². The van der Waals surface area contributed by atoms with Crippen molar-refractivity contribution in [1.82, 2.24) is 24.6 Å². The van der Waals surface area contributed by atoms with Gasteiger partial charge in [-0.1, -0.05) is 6.07 Å². The van der Waals surface area contributed by atoms with Crippen LogP contribution in [0.2, 0.25) is 0 Å². The number of carbonyl (C=O) groups is 3. The summed E-state index contributed by atoms with van der Waals surface area (Å²) in [5, 5.41) is 13.1. The molecule has 0 bridgehead atoms. The zero-order chi connectivity index (χ0) is 20.1. The molecule has 0 aliphatic carbocycles. The van der Waals surface area contributed by atoms with Crippen molar-refractivity contribution in [2.75, 3.05) is 19.6 Å². The minimum absolute atomic E-state index is 0.0878. The van der Waals surface area contributed by atoms with Gasteiger partial charge in [0.15, 0.2) is 0 Å². The van der Waals surface area contributed by atoms with E-state index in [1.54, 1.807) is 34.1 Å². The number of carbonyl (C=O) groups excluding carboxylic acids is 2. The molecule has 1 aromatic heterocycles. The Kier molecular flexibility index (Phi) is 6.03. The molecule has 1 atom stereocenters. The number of aromatic nitrogens is 3. The monoisotopic (exact) mass is 385 g/mol. The van der Waals surface area contributed by atoms with Crippen molar-refractivity contribution in [2.24, 2.45) is 0 Å². The second-order valence-corrected chi connectivity index (χ2v) is 6.81. The van der Waals surface area contributed by atoms with Crippen molar-refractivity contribution in [2.45, 2.75) is 32.2 Å². The van der Waals surface area contributed by atoms with Crippen molar-refractivity contribution in [3.63, 3.8) is 0 Å². The number of aliphatic carboxylic acids is 1. The van der Waals surface area contributed by atoms with Crippen LogP contribution in [-0.4, -0.2) is 73.1 Å². The Hall–Kier alpha value is -3.23. The van der Waals surface area contributed by atoms with E-state index >= 15 is 0 Å². The van der Waals surface area contributed by atoms with Crippen LogP contribution in [0.15, 0.2) is 36.9 Å². The van der Waals surface area contributed by atoms with Crippen molar-refractivity contribution >= 4 is 17.8 Å². The molecular weight excluding hydrogens is 362 g/mol. The SMILES string of the molecule is CC(=O)N(CC(=O)O)C1CCCN(C(=O)c2cccc(-n3cncn3)c2)CC1. The van der Waals surface area contributed by atoms with Crippen LogP contribution in [0.3, 0.4) is 0 Å². The van der Waals surface area contributed by atoms with Crippen molar-refractivity contribution in [3.05, 3.63) is 42.5 Å². The van der Waals surface area contributed by atoms with E-state index in [0.29, 0.717) is 37.9 Å². The first-order chi connectivity index (χ1) is 13.5. The third kappa shape index (κ3) is 4.54. The molecule has 1 saturated heterocycles. The zero-order valence-corrected chi connectivity index (χ0v) is 15.7. The summed E-state index contributed by atoms with van der Waals surface area (Å²) in [6.45, 7) is 2.11. The van der Waals surface area contributed by atoms with Gasteiger partial charge in [-0.2, -0.15) is 5.10 Å². The van der Waals surface area contributed by atoms with Gasteiger partial charge in [-0.15, -0.1) is 0 Å². The van der Waals surface area contributed by atoms with E-state index < -0.39 is 5.97 Å². The molecule has 3 rings (SSSR count). The number of hydrogen-bond acceptors (Lipinski definition) is 5. The topological polar surface area (TPSA) is 109 Å². The number of rotatable bonds is 5. The molecule has 2 heterocycles. The number of carboxylic acids is 1. The summed E-state index contributed by atoms with van der Waals surface area (Å²) in [6, 6.07) is 7.01. The lowest BCUT2D eigenvalue weighted by Crippen LogP contribution is -2.43. The lowest BCUT2D eigenvalue weighted by molar-refractivity contribution is -0.145. The van der Waals surface area contributed by atoms with Crippen molar-refractivity contribution < 1.29 is 19.5 Å². The smallest absolute Gasteiger partial charge is 0.323 e. The number of hydrogen-bond donors (Lipinski definition) is 1. The minimum atomic E-state index is -1.03. The fraction of sp³-hybridized carbons (Fsp3) is 0.421. The molecule has 1 fully saturated rings. The van der Waals surface area contributed by atoms with Gasteiger partial charge >= 0.3 is 5.97 Å². The van der Waals surface area contributed by atoms with Crippen LogP contribution in [0.5, 0.6) is 0 Å². The molecule has 9 nitrogen and oxygen atoms in total. The van der Waals surface area contributed by atoms with Crippen LogP contribution < -0.4 is 0 Å². The van der Waals surface area contributed by atoms with E-state index in [9.17, 15) is 14.4 Å². The number of likely N-dealkylation sites (tertiary alicyclic amines) is 1. The normalized spacial score (nSPS) is 17.0. The van der Waals surface area contributed by atoms with Crippen LogP contribution >= 0.6 is 0 Å². The first kappa shape index (κ1) is 19.5. The lowest BCUT2D eigenvalue weighted by atomic mass is 10.1. The summed E-state index contributed by atoms with van der Waals surface area (Å²) in [7, 11) is 0. The second kappa shape index (κ2) is 8.64. The molecular formula is C19H23N5O4. The summed E-state index contributed by atoms with van der Waals surface area (Å²) in [5.41, 5.74) is 1.31. The highest BCUT2D eigenvalue weighted by Crippen LogP contribution is 2.20. The molecule has 1 unspecified atom stereocenters. The van der Waals surface area contributed by atoms with E-state index in [1.807, 2.05) is 6.07 Å². The molecule has 2 amide bonds. The van der Waals surface area contributed by atoms with Gasteiger partial charge in [0.25, 0.3) is 5.91 Å². The molecule has 1 aromatic carbocycles. The zero-order valence-electron chi connectivity index (χ0n) is 15.7. The molecule has 1 aliphatic heterocycles. The van der Waals surface area contributed by atoms with Crippen LogP contribution in [0, 0.1) is 0 Å². The van der Waals surface area contributed by atoms with Gasteiger partial charge in [0.1, 0.15) is 19.2 Å². The maximum absolute atomic E-state index is 13.0. The summed E-state index contributed by atoms with van der Waals surface area (Å²) in [5.74, 6) is -1.37. The van der Waals surface area contributed by atoms with Gasteiger partial charge in [0.05, 0.1) is 5.69 Å². The van der Waals surface area contributed by atoms with Crippen molar-refractivity contribution in [1.29, 1.82) is 0 Å². The maximum Gasteiger partial charge on any atom is 0.323 e. The van der Waals surface area contributed by atoms with Crippen LogP contribution in [-0.2, 0) is 9.59 Å². The Labute approximate surface area is 162 Å². The molecule has 0 saturated carbocycles. The molecule has 0 spiro atoms. The van der Waals surface area contributed by atoms with E-state index in [4.69, 9.17) is 5.11 Å². The molecule has 1 aliphatic rings. The summed E-state index contributed by atoms with van der Waals surface area (Å²) >= 11 is 0. The Balaban J connectivity index is 1.70. The molecule has 9 heteroatoms. The minimum Gasteiger partial charge on any atom is -0.480 e. The summed E-state index contributed by atoms with van der Waals surface area (Å²) < 4.78 is 1.59. The third-order valence-corrected chi connectivity index (χ3v) is 4.91. The summed E-state index contributed by atoms with van der Waals surface area (Å²) in [6.07, 6.45) is 4.94. The largest absolute Gasteiger partial charge is 0.480 e. The highest BCUT2D eigenvalue weighted by Gasteiger charge is 2.28. The molecule has 148 valence electrons. The molecule has 1 N–H and O–H groups in total. The van der Waals surface area contributed by atoms with Crippen LogP contribution in [0.4, 0.5) is 0 Å². The van der Waals surface area contributed by atoms with Crippen molar-refractivity contribution in [3.8, 4) is 5.69 Å². The standard InChI is InChI=1S/C19H23N5O4/c1-14(25)23(11-18(26)27)16-6-3-8-22(9-7-16)19(28)15-4-2-5-17(10-15)24-13-20-12-21-24/h2,4-5,10,12-13,16H,3,6-9,11H2,1H3,(H,26,27). The van der Waals surface area contributed by atoms with Gasteiger partial charge in [-0.05, 0) is 37.5 Å². The molecule has 2 aromatic rings. The second-order valence-electron chi connectivity index (χ2n) is 6.81. The van der Waals surface area contributed by atoms with E-state index in [2.05, 4.69) is 10.1 Å². The van der Waals surface area contributed by atoms with Gasteiger partial charge in [0.2, 0.25) is 5.91 Å². The average Bonchev–Trinajstić information content (AvgIpc) is 3.11. The van der Waals surface area contributed by atoms with Gasteiger partial charge in [-0.3, -0.25) is 14.4 Å². The van der Waals surface area contributed by atoms with Gasteiger partial charge in [-0.25, -0.2) is 9.67 Å². The fourth-order valence-corrected chi connectivity index (χ4v) is 3.54. The van der Waals surface area contributed by atoms with Crippen LogP contribution in [0.25, 0.3) is 5.69 Å². The number of amides is 2. The third-order valence-electron chi connectivity index (χ3n) is 4.91. The Bertz CT molecular complexity index is 852.